The Kier molecular flexibility index (Phi) is 3.67. The Balaban J connectivity index is 1.41. The molecule has 4 aromatic rings. The molecule has 3 heterocycles. The molecule has 0 aliphatic carbocycles. The molecule has 4 rings (SSSR count). The van der Waals surface area contributed by atoms with E-state index < -0.39 is 0 Å². The van der Waals surface area contributed by atoms with Gasteiger partial charge in [0.2, 0.25) is 0 Å². The van der Waals surface area contributed by atoms with Crippen molar-refractivity contribution >= 4 is 22.5 Å². The van der Waals surface area contributed by atoms with E-state index in [1.165, 1.54) is 0 Å². The molecule has 0 atom stereocenters. The van der Waals surface area contributed by atoms with E-state index in [-0.39, 0.29) is 5.91 Å². The molecule has 0 radical (unpaired) electrons. The van der Waals surface area contributed by atoms with Crippen LogP contribution in [0.2, 0.25) is 0 Å². The lowest BCUT2D eigenvalue weighted by Crippen LogP contribution is -2.26. The summed E-state index contributed by atoms with van der Waals surface area (Å²) in [4.78, 5) is 21.2. The van der Waals surface area contributed by atoms with E-state index in [9.17, 15) is 4.79 Å². The lowest BCUT2D eigenvalue weighted by molar-refractivity contribution is 0.0949. The van der Waals surface area contributed by atoms with E-state index in [1.807, 2.05) is 65.3 Å². The molecule has 0 saturated heterocycles. The number of carbonyl (C=O) groups excluding carboxylic acids is 1. The summed E-state index contributed by atoms with van der Waals surface area (Å²) in [5.41, 5.74) is 3.12. The maximum Gasteiger partial charge on any atom is 0.269 e. The Hall–Kier alpha value is -3.21. The van der Waals surface area contributed by atoms with Gasteiger partial charge in [-0.15, -0.1) is 0 Å². The first kappa shape index (κ1) is 14.4. The van der Waals surface area contributed by atoms with Gasteiger partial charge in [-0.25, -0.2) is 9.97 Å². The second-order valence-electron chi connectivity index (χ2n) is 5.59. The number of amides is 1. The normalized spacial score (nSPS) is 11.0. The number of benzene rings is 1. The van der Waals surface area contributed by atoms with Gasteiger partial charge in [0, 0.05) is 30.7 Å². The third kappa shape index (κ3) is 2.84. The highest BCUT2D eigenvalue weighted by molar-refractivity contribution is 5.94. The first-order chi connectivity index (χ1) is 11.8. The Morgan fingerprint density at radius 3 is 2.79 bits per heavy atom. The third-order valence-electron chi connectivity index (χ3n) is 3.91. The molecule has 0 spiro atoms. The molecule has 1 N–H and O–H groups in total. The van der Waals surface area contributed by atoms with Crippen LogP contribution in [0.3, 0.4) is 0 Å². The fourth-order valence-electron chi connectivity index (χ4n) is 2.69. The summed E-state index contributed by atoms with van der Waals surface area (Å²) in [6.45, 7) is 0.525. The van der Waals surface area contributed by atoms with Crippen LogP contribution >= 0.6 is 0 Å². The standard InChI is InChI=1S/C19H16N4O/c24-19(17-9-8-14-5-1-2-6-16(14)22-17)20-11-10-15-13-23-12-4-3-7-18(23)21-15/h1-9,12-13H,10-11H2,(H,20,24). The lowest BCUT2D eigenvalue weighted by atomic mass is 10.2. The van der Waals surface area contributed by atoms with Crippen molar-refractivity contribution in [3.63, 3.8) is 0 Å². The summed E-state index contributed by atoms with van der Waals surface area (Å²) in [5.74, 6) is -0.162. The van der Waals surface area contributed by atoms with Crippen molar-refractivity contribution in [2.45, 2.75) is 6.42 Å². The van der Waals surface area contributed by atoms with Crippen molar-refractivity contribution in [1.29, 1.82) is 0 Å². The van der Waals surface area contributed by atoms with Crippen LogP contribution in [-0.4, -0.2) is 26.8 Å². The van der Waals surface area contributed by atoms with E-state index in [0.29, 0.717) is 18.7 Å². The van der Waals surface area contributed by atoms with Crippen molar-refractivity contribution in [1.82, 2.24) is 19.7 Å². The first-order valence-electron chi connectivity index (χ1n) is 7.86. The summed E-state index contributed by atoms with van der Waals surface area (Å²) in [5, 5.41) is 3.93. The molecule has 0 aliphatic heterocycles. The Morgan fingerprint density at radius 1 is 1.00 bits per heavy atom. The molecule has 24 heavy (non-hydrogen) atoms. The fraction of sp³-hybridized carbons (Fsp3) is 0.105. The molecule has 0 unspecified atom stereocenters. The molecule has 118 valence electrons. The number of pyridine rings is 2. The van der Waals surface area contributed by atoms with Crippen molar-refractivity contribution in [3.05, 3.63) is 78.4 Å². The average molecular weight is 316 g/mol. The van der Waals surface area contributed by atoms with Crippen molar-refractivity contribution in [2.75, 3.05) is 6.54 Å². The Morgan fingerprint density at radius 2 is 1.88 bits per heavy atom. The van der Waals surface area contributed by atoms with E-state index in [1.54, 1.807) is 6.07 Å². The topological polar surface area (TPSA) is 59.3 Å². The molecule has 5 nitrogen and oxygen atoms in total. The Bertz CT molecular complexity index is 989. The molecular formula is C19H16N4O. The van der Waals surface area contributed by atoms with Crippen molar-refractivity contribution in [2.24, 2.45) is 0 Å². The Labute approximate surface area is 139 Å². The van der Waals surface area contributed by atoms with Crippen LogP contribution in [0.25, 0.3) is 16.6 Å². The molecule has 1 aromatic carbocycles. The van der Waals surface area contributed by atoms with Gasteiger partial charge in [-0.2, -0.15) is 0 Å². The number of rotatable bonds is 4. The monoisotopic (exact) mass is 316 g/mol. The van der Waals surface area contributed by atoms with Crippen LogP contribution in [0.15, 0.2) is 67.0 Å². The number of nitrogens with zero attached hydrogens (tertiary/aromatic N) is 3. The van der Waals surface area contributed by atoms with Crippen LogP contribution in [0.5, 0.6) is 0 Å². The highest BCUT2D eigenvalue weighted by atomic mass is 16.1. The average Bonchev–Trinajstić information content (AvgIpc) is 3.04. The van der Waals surface area contributed by atoms with E-state index >= 15 is 0 Å². The summed E-state index contributed by atoms with van der Waals surface area (Å²) >= 11 is 0. The molecule has 0 fully saturated rings. The number of hydrogen-bond donors (Lipinski definition) is 1. The van der Waals surface area contributed by atoms with Crippen molar-refractivity contribution < 1.29 is 4.79 Å². The molecule has 5 heteroatoms. The highest BCUT2D eigenvalue weighted by Crippen LogP contribution is 2.11. The maximum absolute atomic E-state index is 12.3. The SMILES string of the molecule is O=C(NCCc1cn2ccccc2n1)c1ccc2ccccc2n1. The second kappa shape index (κ2) is 6.12. The van der Waals surface area contributed by atoms with Crippen LogP contribution in [0.4, 0.5) is 0 Å². The van der Waals surface area contributed by atoms with Gasteiger partial charge in [-0.3, -0.25) is 4.79 Å². The molecule has 0 bridgehead atoms. The summed E-state index contributed by atoms with van der Waals surface area (Å²) < 4.78 is 1.97. The minimum Gasteiger partial charge on any atom is -0.350 e. The number of nitrogens with one attached hydrogen (secondary N) is 1. The predicted octanol–water partition coefficient (Wildman–Crippen LogP) is 2.86. The van der Waals surface area contributed by atoms with Crippen molar-refractivity contribution in [3.8, 4) is 0 Å². The summed E-state index contributed by atoms with van der Waals surface area (Å²) in [6.07, 6.45) is 4.63. The molecule has 0 saturated carbocycles. The third-order valence-corrected chi connectivity index (χ3v) is 3.91. The minimum absolute atomic E-state index is 0.162. The van der Waals surface area contributed by atoms with Gasteiger partial charge in [-0.05, 0) is 24.3 Å². The molecule has 3 aromatic heterocycles. The summed E-state index contributed by atoms with van der Waals surface area (Å²) in [7, 11) is 0. The smallest absolute Gasteiger partial charge is 0.269 e. The zero-order valence-electron chi connectivity index (χ0n) is 13.0. The number of para-hydroxylation sites is 1. The van der Waals surface area contributed by atoms with Crippen LogP contribution in [-0.2, 0) is 6.42 Å². The zero-order valence-corrected chi connectivity index (χ0v) is 13.0. The number of imidazole rings is 1. The number of carbonyl (C=O) groups is 1. The lowest BCUT2D eigenvalue weighted by Gasteiger charge is -2.04. The van der Waals surface area contributed by atoms with Gasteiger partial charge >= 0.3 is 0 Å². The first-order valence-corrected chi connectivity index (χ1v) is 7.86. The maximum atomic E-state index is 12.3. The van der Waals surface area contributed by atoms with Gasteiger partial charge in [-0.1, -0.05) is 30.3 Å². The van der Waals surface area contributed by atoms with E-state index in [2.05, 4.69) is 15.3 Å². The van der Waals surface area contributed by atoms with Crippen LogP contribution in [0, 0.1) is 0 Å². The van der Waals surface area contributed by atoms with Gasteiger partial charge < -0.3 is 9.72 Å². The van der Waals surface area contributed by atoms with Crippen LogP contribution < -0.4 is 5.32 Å². The number of fused-ring (bicyclic) bond motifs is 2. The largest absolute Gasteiger partial charge is 0.350 e. The zero-order chi connectivity index (χ0) is 16.4. The van der Waals surface area contributed by atoms with Gasteiger partial charge in [0.15, 0.2) is 0 Å². The second-order valence-corrected chi connectivity index (χ2v) is 5.59. The summed E-state index contributed by atoms with van der Waals surface area (Å²) in [6, 6.07) is 17.3. The minimum atomic E-state index is -0.162. The number of hydrogen-bond acceptors (Lipinski definition) is 3. The van der Waals surface area contributed by atoms with E-state index in [0.717, 1.165) is 22.2 Å². The van der Waals surface area contributed by atoms with Gasteiger partial charge in [0.05, 0.1) is 11.2 Å². The van der Waals surface area contributed by atoms with Crippen LogP contribution in [0.1, 0.15) is 16.2 Å². The van der Waals surface area contributed by atoms with Gasteiger partial charge in [0.25, 0.3) is 5.91 Å². The molecule has 0 aliphatic rings. The number of aromatic nitrogens is 3. The fourth-order valence-corrected chi connectivity index (χ4v) is 2.69. The molecule has 1 amide bonds. The highest BCUT2D eigenvalue weighted by Gasteiger charge is 2.08. The molecular weight excluding hydrogens is 300 g/mol. The van der Waals surface area contributed by atoms with E-state index in [4.69, 9.17) is 0 Å². The van der Waals surface area contributed by atoms with Gasteiger partial charge in [0.1, 0.15) is 11.3 Å². The predicted molar refractivity (Wildman–Crippen MR) is 93.0 cm³/mol. The quantitative estimate of drug-likeness (QED) is 0.630.